The molecule has 26 heavy (non-hydrogen) atoms. The number of hydrogen-bond donors (Lipinski definition) is 1. The summed E-state index contributed by atoms with van der Waals surface area (Å²) in [5.41, 5.74) is 2.33. The summed E-state index contributed by atoms with van der Waals surface area (Å²) in [5, 5.41) is 10.4. The lowest BCUT2D eigenvalue weighted by atomic mass is 10.1. The van der Waals surface area contributed by atoms with Gasteiger partial charge in [0.1, 0.15) is 5.82 Å². The Morgan fingerprint density at radius 2 is 1.77 bits per heavy atom. The number of anilines is 1. The van der Waals surface area contributed by atoms with E-state index in [-0.39, 0.29) is 23.5 Å². The molecule has 0 aliphatic rings. The lowest BCUT2D eigenvalue weighted by molar-refractivity contribution is -0.113. The summed E-state index contributed by atoms with van der Waals surface area (Å²) in [6.45, 7) is 2.11. The third-order valence-corrected chi connectivity index (χ3v) is 4.70. The van der Waals surface area contributed by atoms with Gasteiger partial charge >= 0.3 is 6.01 Å². The van der Waals surface area contributed by atoms with Crippen LogP contribution in [0.25, 0.3) is 0 Å². The molecule has 0 radical (unpaired) electrons. The van der Waals surface area contributed by atoms with Gasteiger partial charge in [0.05, 0.1) is 12.2 Å². The predicted octanol–water partition coefficient (Wildman–Crippen LogP) is 4.09. The fraction of sp³-hybridized carbons (Fsp3) is 0.211. The molecule has 0 fully saturated rings. The van der Waals surface area contributed by atoms with Gasteiger partial charge in [-0.3, -0.25) is 10.1 Å². The SMILES string of the molecule is CCc1ccc(Cc2nnc(NC(=O)CSc3ccc(F)cc3)o2)cc1. The first-order chi connectivity index (χ1) is 12.6. The standard InChI is InChI=1S/C19H18FN3O2S/c1-2-13-3-5-14(6-4-13)11-18-22-23-19(25-18)21-17(24)12-26-16-9-7-15(20)8-10-16/h3-10H,2,11-12H2,1H3,(H,21,23,24). The molecule has 0 aliphatic heterocycles. The first-order valence-electron chi connectivity index (χ1n) is 8.21. The molecule has 5 nitrogen and oxygen atoms in total. The number of rotatable bonds is 7. The van der Waals surface area contributed by atoms with Gasteiger partial charge in [-0.2, -0.15) is 0 Å². The van der Waals surface area contributed by atoms with E-state index in [0.717, 1.165) is 16.9 Å². The summed E-state index contributed by atoms with van der Waals surface area (Å²) in [4.78, 5) is 12.8. The van der Waals surface area contributed by atoms with Crippen molar-refractivity contribution in [1.29, 1.82) is 0 Å². The molecule has 0 bridgehead atoms. The van der Waals surface area contributed by atoms with Gasteiger partial charge < -0.3 is 4.42 Å². The number of halogens is 1. The van der Waals surface area contributed by atoms with Crippen molar-refractivity contribution in [3.05, 3.63) is 71.4 Å². The van der Waals surface area contributed by atoms with E-state index in [4.69, 9.17) is 4.42 Å². The lowest BCUT2D eigenvalue weighted by Gasteiger charge is -2.01. The van der Waals surface area contributed by atoms with Crippen molar-refractivity contribution in [3.8, 4) is 0 Å². The van der Waals surface area contributed by atoms with Crippen LogP contribution < -0.4 is 5.32 Å². The molecule has 1 amide bonds. The van der Waals surface area contributed by atoms with Gasteiger partial charge in [0, 0.05) is 4.90 Å². The van der Waals surface area contributed by atoms with E-state index in [9.17, 15) is 9.18 Å². The Morgan fingerprint density at radius 3 is 2.46 bits per heavy atom. The third-order valence-electron chi connectivity index (χ3n) is 3.68. The zero-order chi connectivity index (χ0) is 18.4. The van der Waals surface area contributed by atoms with E-state index < -0.39 is 0 Å². The van der Waals surface area contributed by atoms with Gasteiger partial charge in [-0.1, -0.05) is 36.3 Å². The number of aryl methyl sites for hydroxylation is 1. The highest BCUT2D eigenvalue weighted by Gasteiger charge is 2.11. The summed E-state index contributed by atoms with van der Waals surface area (Å²) in [5.74, 6) is 0.0426. The molecule has 0 spiro atoms. The highest BCUT2D eigenvalue weighted by Crippen LogP contribution is 2.18. The molecule has 0 atom stereocenters. The molecule has 0 unspecified atom stereocenters. The zero-order valence-corrected chi connectivity index (χ0v) is 15.1. The average molecular weight is 371 g/mol. The molecule has 3 rings (SSSR count). The molecule has 1 aromatic heterocycles. The van der Waals surface area contributed by atoms with Gasteiger partial charge in [-0.05, 0) is 41.8 Å². The number of nitrogens with zero attached hydrogens (tertiary/aromatic N) is 2. The fourth-order valence-corrected chi connectivity index (χ4v) is 2.98. The minimum Gasteiger partial charge on any atom is -0.407 e. The molecule has 1 N–H and O–H groups in total. The maximum Gasteiger partial charge on any atom is 0.322 e. The number of thioether (sulfide) groups is 1. The van der Waals surface area contributed by atoms with E-state index in [1.54, 1.807) is 12.1 Å². The summed E-state index contributed by atoms with van der Waals surface area (Å²) >= 11 is 1.30. The van der Waals surface area contributed by atoms with Crippen LogP contribution in [-0.4, -0.2) is 21.9 Å². The Labute approximate surface area is 155 Å². The molecule has 2 aromatic carbocycles. The number of nitrogens with one attached hydrogen (secondary N) is 1. The smallest absolute Gasteiger partial charge is 0.322 e. The lowest BCUT2D eigenvalue weighted by Crippen LogP contribution is -2.14. The quantitative estimate of drug-likeness (QED) is 0.634. The number of hydrogen-bond acceptors (Lipinski definition) is 5. The number of benzene rings is 2. The highest BCUT2D eigenvalue weighted by atomic mass is 32.2. The largest absolute Gasteiger partial charge is 0.407 e. The summed E-state index contributed by atoms with van der Waals surface area (Å²) < 4.78 is 18.3. The average Bonchev–Trinajstić information content (AvgIpc) is 3.08. The fourth-order valence-electron chi connectivity index (χ4n) is 2.28. The first-order valence-corrected chi connectivity index (χ1v) is 9.19. The van der Waals surface area contributed by atoms with Crippen molar-refractivity contribution in [2.45, 2.75) is 24.7 Å². The van der Waals surface area contributed by atoms with E-state index in [1.807, 2.05) is 12.1 Å². The van der Waals surface area contributed by atoms with Crippen molar-refractivity contribution in [3.63, 3.8) is 0 Å². The van der Waals surface area contributed by atoms with Crippen molar-refractivity contribution in [1.82, 2.24) is 10.2 Å². The predicted molar refractivity (Wildman–Crippen MR) is 98.7 cm³/mol. The summed E-state index contributed by atoms with van der Waals surface area (Å²) in [6.07, 6.45) is 1.50. The van der Waals surface area contributed by atoms with Crippen LogP contribution in [0.5, 0.6) is 0 Å². The second kappa shape index (κ2) is 8.62. The van der Waals surface area contributed by atoms with Gasteiger partial charge in [0.25, 0.3) is 0 Å². The second-order valence-electron chi connectivity index (χ2n) is 5.64. The number of amides is 1. The van der Waals surface area contributed by atoms with Crippen LogP contribution in [0.1, 0.15) is 23.9 Å². The Bertz CT molecular complexity index is 863. The normalized spacial score (nSPS) is 10.7. The maximum atomic E-state index is 12.9. The minimum absolute atomic E-state index is 0.0786. The van der Waals surface area contributed by atoms with E-state index in [0.29, 0.717) is 12.3 Å². The van der Waals surface area contributed by atoms with Gasteiger partial charge in [0.15, 0.2) is 0 Å². The minimum atomic E-state index is -0.304. The second-order valence-corrected chi connectivity index (χ2v) is 6.69. The van der Waals surface area contributed by atoms with E-state index in [2.05, 4.69) is 34.6 Å². The number of carbonyl (C=O) groups is 1. The van der Waals surface area contributed by atoms with Gasteiger partial charge in [-0.15, -0.1) is 16.9 Å². The van der Waals surface area contributed by atoms with Gasteiger partial charge in [0.2, 0.25) is 11.8 Å². The molecule has 134 valence electrons. The van der Waals surface area contributed by atoms with Crippen LogP contribution in [0.4, 0.5) is 10.4 Å². The zero-order valence-electron chi connectivity index (χ0n) is 14.2. The van der Waals surface area contributed by atoms with Crippen molar-refractivity contribution >= 4 is 23.7 Å². The van der Waals surface area contributed by atoms with Crippen LogP contribution in [-0.2, 0) is 17.6 Å². The van der Waals surface area contributed by atoms with Crippen LogP contribution in [0.3, 0.4) is 0 Å². The monoisotopic (exact) mass is 371 g/mol. The Hall–Kier alpha value is -2.67. The summed E-state index contributed by atoms with van der Waals surface area (Å²) in [6, 6.07) is 14.2. The highest BCUT2D eigenvalue weighted by molar-refractivity contribution is 8.00. The van der Waals surface area contributed by atoms with Crippen LogP contribution in [0.2, 0.25) is 0 Å². The van der Waals surface area contributed by atoms with Crippen LogP contribution in [0, 0.1) is 5.82 Å². The number of carbonyl (C=O) groups excluding carboxylic acids is 1. The first kappa shape index (κ1) is 18.1. The molecule has 0 saturated heterocycles. The van der Waals surface area contributed by atoms with Crippen molar-refractivity contribution in [2.75, 3.05) is 11.1 Å². The molecule has 0 saturated carbocycles. The Kier molecular flexibility index (Phi) is 6.01. The Morgan fingerprint density at radius 1 is 1.08 bits per heavy atom. The van der Waals surface area contributed by atoms with Crippen molar-refractivity contribution in [2.24, 2.45) is 0 Å². The molecule has 3 aromatic rings. The van der Waals surface area contributed by atoms with Crippen LogP contribution in [0.15, 0.2) is 57.8 Å². The topological polar surface area (TPSA) is 68.0 Å². The molecule has 0 aliphatic carbocycles. The summed E-state index contributed by atoms with van der Waals surface area (Å²) in [7, 11) is 0. The van der Waals surface area contributed by atoms with E-state index >= 15 is 0 Å². The molecule has 1 heterocycles. The van der Waals surface area contributed by atoms with Crippen LogP contribution >= 0.6 is 11.8 Å². The third kappa shape index (κ3) is 5.16. The molecule has 7 heteroatoms. The number of aromatic nitrogens is 2. The van der Waals surface area contributed by atoms with Crippen molar-refractivity contribution < 1.29 is 13.6 Å². The van der Waals surface area contributed by atoms with E-state index in [1.165, 1.54) is 29.5 Å². The molecular weight excluding hydrogens is 353 g/mol. The Balaban J connectivity index is 1.50. The van der Waals surface area contributed by atoms with Gasteiger partial charge in [-0.25, -0.2) is 4.39 Å². The molecular formula is C19H18FN3O2S. The maximum absolute atomic E-state index is 12.9.